The van der Waals surface area contributed by atoms with E-state index in [1.807, 2.05) is 0 Å². The highest BCUT2D eigenvalue weighted by atomic mass is 32.2. The maximum absolute atomic E-state index is 12.9. The van der Waals surface area contributed by atoms with Gasteiger partial charge in [0.1, 0.15) is 6.04 Å². The van der Waals surface area contributed by atoms with Gasteiger partial charge in [-0.15, -0.1) is 0 Å². The molecule has 2 rings (SSSR count). The Bertz CT molecular complexity index is 1050. The number of para-hydroxylation sites is 1. The summed E-state index contributed by atoms with van der Waals surface area (Å²) in [7, 11) is -1.44. The van der Waals surface area contributed by atoms with Gasteiger partial charge >= 0.3 is 11.9 Å². The fourth-order valence-corrected chi connectivity index (χ4v) is 3.98. The van der Waals surface area contributed by atoms with Gasteiger partial charge in [0.05, 0.1) is 43.0 Å². The Morgan fingerprint density at radius 1 is 0.967 bits per heavy atom. The number of hydrogen-bond donors (Lipinski definition) is 1. The molecule has 9 nitrogen and oxygen atoms in total. The first kappa shape index (κ1) is 22.9. The first-order valence-corrected chi connectivity index (χ1v) is 10.6. The lowest BCUT2D eigenvalue weighted by Gasteiger charge is -2.28. The van der Waals surface area contributed by atoms with E-state index in [1.165, 1.54) is 39.3 Å². The number of nitrogens with one attached hydrogen (secondary N) is 1. The molecule has 2 aromatic rings. The van der Waals surface area contributed by atoms with E-state index in [-0.39, 0.29) is 16.8 Å². The maximum Gasteiger partial charge on any atom is 0.339 e. The Morgan fingerprint density at radius 2 is 1.57 bits per heavy atom. The van der Waals surface area contributed by atoms with Gasteiger partial charge in [-0.05, 0) is 37.3 Å². The highest BCUT2D eigenvalue weighted by Gasteiger charge is 2.30. The number of hydrogen-bond acceptors (Lipinski definition) is 7. The second-order valence-electron chi connectivity index (χ2n) is 6.30. The van der Waals surface area contributed by atoms with Crippen molar-refractivity contribution in [3.05, 3.63) is 59.7 Å². The van der Waals surface area contributed by atoms with Crippen LogP contribution < -0.4 is 9.62 Å². The Hall–Kier alpha value is -3.40. The molecule has 2 aromatic carbocycles. The van der Waals surface area contributed by atoms with Crippen molar-refractivity contribution in [2.24, 2.45) is 0 Å². The summed E-state index contributed by atoms with van der Waals surface area (Å²) in [6.45, 7) is 1.41. The molecule has 0 aliphatic carbocycles. The van der Waals surface area contributed by atoms with Crippen molar-refractivity contribution in [3.63, 3.8) is 0 Å². The largest absolute Gasteiger partial charge is 0.465 e. The summed E-state index contributed by atoms with van der Waals surface area (Å²) in [5.41, 5.74) is 0.384. The van der Waals surface area contributed by atoms with Crippen LogP contribution in [-0.2, 0) is 24.3 Å². The van der Waals surface area contributed by atoms with Crippen molar-refractivity contribution in [1.29, 1.82) is 0 Å². The Labute approximate surface area is 174 Å². The summed E-state index contributed by atoms with van der Waals surface area (Å²) in [4.78, 5) is 36.8. The molecule has 1 N–H and O–H groups in total. The lowest BCUT2D eigenvalue weighted by atomic mass is 10.1. The molecule has 0 bridgehead atoms. The summed E-state index contributed by atoms with van der Waals surface area (Å²) < 4.78 is 35.0. The van der Waals surface area contributed by atoms with Gasteiger partial charge in [-0.25, -0.2) is 18.0 Å². The Balaban J connectivity index is 2.43. The minimum absolute atomic E-state index is 0.00341. The van der Waals surface area contributed by atoms with Crippen LogP contribution in [0.25, 0.3) is 0 Å². The molecule has 0 saturated heterocycles. The van der Waals surface area contributed by atoms with Gasteiger partial charge in [0.25, 0.3) is 0 Å². The minimum Gasteiger partial charge on any atom is -0.465 e. The number of carbonyl (C=O) groups is 3. The van der Waals surface area contributed by atoms with E-state index in [4.69, 9.17) is 4.74 Å². The predicted molar refractivity (Wildman–Crippen MR) is 111 cm³/mol. The number of ether oxygens (including phenoxy) is 2. The van der Waals surface area contributed by atoms with Crippen LogP contribution in [0.2, 0.25) is 0 Å². The molecular formula is C20H22N2O7S. The molecule has 30 heavy (non-hydrogen) atoms. The lowest BCUT2D eigenvalue weighted by molar-refractivity contribution is -0.116. The number of esters is 2. The van der Waals surface area contributed by atoms with Crippen LogP contribution in [0.15, 0.2) is 48.5 Å². The Kier molecular flexibility index (Phi) is 7.17. The third kappa shape index (κ3) is 5.15. The number of methoxy groups -OCH3 is 2. The topological polar surface area (TPSA) is 119 Å². The molecular weight excluding hydrogens is 412 g/mol. The summed E-state index contributed by atoms with van der Waals surface area (Å²) in [6.07, 6.45) is 0.988. The molecule has 160 valence electrons. The maximum atomic E-state index is 12.9. The van der Waals surface area contributed by atoms with E-state index in [2.05, 4.69) is 10.1 Å². The molecule has 10 heteroatoms. The second kappa shape index (κ2) is 9.40. The SMILES string of the molecule is COC(=O)c1ccc(C(=O)OC)c(NC(=O)[C@@H](C)N(c2ccccc2)S(C)(=O)=O)c1. The zero-order valence-electron chi connectivity index (χ0n) is 16.9. The molecule has 0 fully saturated rings. The summed E-state index contributed by atoms with van der Waals surface area (Å²) >= 11 is 0. The fourth-order valence-electron chi connectivity index (χ4n) is 2.80. The molecule has 0 heterocycles. The monoisotopic (exact) mass is 434 g/mol. The number of anilines is 2. The summed E-state index contributed by atoms with van der Waals surface area (Å²) in [6, 6.07) is 10.9. The van der Waals surface area contributed by atoms with Crippen LogP contribution in [0.1, 0.15) is 27.6 Å². The van der Waals surface area contributed by atoms with Crippen LogP contribution in [0.3, 0.4) is 0 Å². The molecule has 0 aromatic heterocycles. The van der Waals surface area contributed by atoms with Crippen molar-refractivity contribution in [2.45, 2.75) is 13.0 Å². The molecule has 0 radical (unpaired) electrons. The van der Waals surface area contributed by atoms with E-state index >= 15 is 0 Å². The van der Waals surface area contributed by atoms with Gasteiger partial charge < -0.3 is 14.8 Å². The van der Waals surface area contributed by atoms with Crippen LogP contribution in [0, 0.1) is 0 Å². The minimum atomic E-state index is -3.80. The van der Waals surface area contributed by atoms with Gasteiger partial charge in [-0.3, -0.25) is 9.10 Å². The number of sulfonamides is 1. The lowest BCUT2D eigenvalue weighted by Crippen LogP contribution is -2.45. The van der Waals surface area contributed by atoms with E-state index in [9.17, 15) is 22.8 Å². The van der Waals surface area contributed by atoms with Crippen molar-refractivity contribution in [2.75, 3.05) is 30.1 Å². The number of rotatable bonds is 7. The van der Waals surface area contributed by atoms with Gasteiger partial charge in [0.15, 0.2) is 0 Å². The molecule has 0 aliphatic heterocycles. The van der Waals surface area contributed by atoms with Crippen molar-refractivity contribution < 1.29 is 32.3 Å². The van der Waals surface area contributed by atoms with Gasteiger partial charge in [0, 0.05) is 0 Å². The van der Waals surface area contributed by atoms with E-state index in [0.29, 0.717) is 5.69 Å². The van der Waals surface area contributed by atoms with Crippen LogP contribution in [-0.4, -0.2) is 52.8 Å². The number of nitrogens with zero attached hydrogens (tertiary/aromatic N) is 1. The number of benzene rings is 2. The van der Waals surface area contributed by atoms with Crippen molar-refractivity contribution >= 4 is 39.2 Å². The van der Waals surface area contributed by atoms with E-state index < -0.39 is 33.9 Å². The number of amides is 1. The summed E-state index contributed by atoms with van der Waals surface area (Å²) in [5, 5.41) is 2.51. The molecule has 0 aliphatic rings. The van der Waals surface area contributed by atoms with E-state index in [1.54, 1.807) is 30.3 Å². The second-order valence-corrected chi connectivity index (χ2v) is 8.16. The molecule has 0 saturated carbocycles. The molecule has 1 atom stereocenters. The zero-order valence-corrected chi connectivity index (χ0v) is 17.7. The van der Waals surface area contributed by atoms with E-state index in [0.717, 1.165) is 10.6 Å². The third-order valence-corrected chi connectivity index (χ3v) is 5.44. The van der Waals surface area contributed by atoms with Crippen LogP contribution >= 0.6 is 0 Å². The van der Waals surface area contributed by atoms with Gasteiger partial charge in [-0.1, -0.05) is 18.2 Å². The van der Waals surface area contributed by atoms with Gasteiger partial charge in [-0.2, -0.15) is 0 Å². The molecule has 0 unspecified atom stereocenters. The first-order valence-electron chi connectivity index (χ1n) is 8.76. The third-order valence-electron chi connectivity index (χ3n) is 4.20. The fraction of sp³-hybridized carbons (Fsp3) is 0.250. The highest BCUT2D eigenvalue weighted by Crippen LogP contribution is 2.23. The van der Waals surface area contributed by atoms with Crippen molar-refractivity contribution in [1.82, 2.24) is 0 Å². The standard InChI is InChI=1S/C20H22N2O7S/c1-13(22(30(4,26)27)15-8-6-5-7-9-15)18(23)21-17-12-14(19(24)28-2)10-11-16(17)20(25)29-3/h5-13H,1-4H3,(H,21,23)/t13-/m1/s1. The zero-order chi connectivity index (χ0) is 22.5. The average Bonchev–Trinajstić information content (AvgIpc) is 2.72. The molecule has 0 spiro atoms. The predicted octanol–water partition coefficient (Wildman–Crippen LogP) is 2.05. The quantitative estimate of drug-likeness (QED) is 0.663. The van der Waals surface area contributed by atoms with Crippen LogP contribution in [0.4, 0.5) is 11.4 Å². The van der Waals surface area contributed by atoms with Gasteiger partial charge in [0.2, 0.25) is 15.9 Å². The highest BCUT2D eigenvalue weighted by molar-refractivity contribution is 7.92. The first-order chi connectivity index (χ1) is 14.1. The van der Waals surface area contributed by atoms with Crippen molar-refractivity contribution in [3.8, 4) is 0 Å². The normalized spacial score (nSPS) is 11.9. The average molecular weight is 434 g/mol. The summed E-state index contributed by atoms with van der Waals surface area (Å²) in [5.74, 6) is -2.12. The van der Waals surface area contributed by atoms with Crippen LogP contribution in [0.5, 0.6) is 0 Å². The Morgan fingerprint density at radius 3 is 2.10 bits per heavy atom. The smallest absolute Gasteiger partial charge is 0.339 e. The molecule has 1 amide bonds. The number of carbonyl (C=O) groups excluding carboxylic acids is 3.